The van der Waals surface area contributed by atoms with Crippen molar-refractivity contribution >= 4 is 28.6 Å². The predicted molar refractivity (Wildman–Crippen MR) is 100 cm³/mol. The van der Waals surface area contributed by atoms with Crippen molar-refractivity contribution in [1.29, 1.82) is 0 Å². The molecule has 0 saturated heterocycles. The van der Waals surface area contributed by atoms with Crippen molar-refractivity contribution in [2.45, 2.75) is 27.2 Å². The average Bonchev–Trinajstić information content (AvgIpc) is 3.12. The summed E-state index contributed by atoms with van der Waals surface area (Å²) in [5.74, 6) is 0.506. The van der Waals surface area contributed by atoms with E-state index in [-0.39, 0.29) is 12.4 Å². The van der Waals surface area contributed by atoms with Crippen LogP contribution in [-0.4, -0.2) is 34.9 Å². The van der Waals surface area contributed by atoms with Crippen molar-refractivity contribution < 1.29 is 19.1 Å². The smallest absolute Gasteiger partial charge is 0.311 e. The van der Waals surface area contributed by atoms with Crippen LogP contribution in [0, 0.1) is 6.92 Å². The Morgan fingerprint density at radius 2 is 2.12 bits per heavy atom. The van der Waals surface area contributed by atoms with E-state index in [1.54, 1.807) is 17.5 Å². The summed E-state index contributed by atoms with van der Waals surface area (Å²) in [5.41, 5.74) is 2.98. The van der Waals surface area contributed by atoms with Gasteiger partial charge in [-0.25, -0.2) is 4.98 Å². The van der Waals surface area contributed by atoms with Crippen LogP contribution >= 0.6 is 11.3 Å². The van der Waals surface area contributed by atoms with E-state index in [2.05, 4.69) is 4.98 Å². The maximum atomic E-state index is 11.7. The molecule has 0 amide bonds. The van der Waals surface area contributed by atoms with Gasteiger partial charge in [-0.05, 0) is 44.5 Å². The van der Waals surface area contributed by atoms with Crippen LogP contribution in [0.15, 0.2) is 24.4 Å². The van der Waals surface area contributed by atoms with E-state index in [0.717, 1.165) is 28.0 Å². The number of nitrogens with zero attached hydrogens (tertiary/aromatic N) is 2. The van der Waals surface area contributed by atoms with Crippen molar-refractivity contribution in [3.63, 3.8) is 0 Å². The Kier molecular flexibility index (Phi) is 5.37. The standard InChI is InChI=1S/C19H20N2O4S/c1-4-24-13-6-7-15(12(3)8-13)18-16(11-22)21-10-14(26-19(21)20-18)9-17(23)25-5-2/h6-8,10-11H,4-5,9H2,1-3H3. The Labute approximate surface area is 155 Å². The van der Waals surface area contributed by atoms with Gasteiger partial charge in [0.1, 0.15) is 17.1 Å². The van der Waals surface area contributed by atoms with Gasteiger partial charge in [-0.3, -0.25) is 14.0 Å². The lowest BCUT2D eigenvalue weighted by Gasteiger charge is -2.08. The van der Waals surface area contributed by atoms with Gasteiger partial charge in [0.25, 0.3) is 0 Å². The largest absolute Gasteiger partial charge is 0.494 e. The Morgan fingerprint density at radius 1 is 1.31 bits per heavy atom. The molecular weight excluding hydrogens is 352 g/mol. The van der Waals surface area contributed by atoms with Crippen LogP contribution in [0.1, 0.15) is 34.8 Å². The number of aldehydes is 1. The highest BCUT2D eigenvalue weighted by atomic mass is 32.1. The van der Waals surface area contributed by atoms with E-state index < -0.39 is 0 Å². The third kappa shape index (κ3) is 3.48. The topological polar surface area (TPSA) is 69.9 Å². The first kappa shape index (κ1) is 18.1. The van der Waals surface area contributed by atoms with E-state index in [0.29, 0.717) is 29.6 Å². The molecule has 6 nitrogen and oxygen atoms in total. The minimum Gasteiger partial charge on any atom is -0.494 e. The first-order chi connectivity index (χ1) is 12.6. The van der Waals surface area contributed by atoms with E-state index in [1.807, 2.05) is 32.0 Å². The highest BCUT2D eigenvalue weighted by Gasteiger charge is 2.19. The zero-order valence-corrected chi connectivity index (χ0v) is 15.8. The number of aryl methyl sites for hydroxylation is 1. The molecule has 2 aromatic heterocycles. The van der Waals surface area contributed by atoms with Crippen LogP contribution in [0.2, 0.25) is 0 Å². The van der Waals surface area contributed by atoms with E-state index >= 15 is 0 Å². The van der Waals surface area contributed by atoms with Gasteiger partial charge in [0.15, 0.2) is 11.2 Å². The number of imidazole rings is 1. The number of fused-ring (bicyclic) bond motifs is 1. The van der Waals surface area contributed by atoms with Gasteiger partial charge in [-0.2, -0.15) is 0 Å². The van der Waals surface area contributed by atoms with Crippen LogP contribution in [0.3, 0.4) is 0 Å². The minimum absolute atomic E-state index is 0.178. The summed E-state index contributed by atoms with van der Waals surface area (Å²) in [6, 6.07) is 5.73. The number of benzene rings is 1. The fourth-order valence-corrected chi connectivity index (χ4v) is 3.78. The van der Waals surface area contributed by atoms with E-state index in [1.165, 1.54) is 11.3 Å². The highest BCUT2D eigenvalue weighted by Crippen LogP contribution is 2.31. The molecule has 0 radical (unpaired) electrons. The number of rotatable bonds is 7. The molecule has 1 aromatic carbocycles. The van der Waals surface area contributed by atoms with Crippen molar-refractivity contribution in [3.8, 4) is 17.0 Å². The molecule has 0 spiro atoms. The molecule has 0 aliphatic heterocycles. The number of aromatic nitrogens is 2. The van der Waals surface area contributed by atoms with Crippen molar-refractivity contribution in [1.82, 2.24) is 9.38 Å². The third-order valence-electron chi connectivity index (χ3n) is 3.91. The monoisotopic (exact) mass is 372 g/mol. The van der Waals surface area contributed by atoms with Gasteiger partial charge >= 0.3 is 5.97 Å². The summed E-state index contributed by atoms with van der Waals surface area (Å²) in [4.78, 5) is 29.5. The molecule has 0 fully saturated rings. The van der Waals surface area contributed by atoms with E-state index in [4.69, 9.17) is 9.47 Å². The molecule has 7 heteroatoms. The molecule has 2 heterocycles. The number of esters is 1. The normalized spacial score (nSPS) is 10.9. The Balaban J connectivity index is 1.98. The van der Waals surface area contributed by atoms with Crippen LogP contribution in [-0.2, 0) is 16.0 Å². The lowest BCUT2D eigenvalue weighted by Crippen LogP contribution is -2.06. The van der Waals surface area contributed by atoms with Gasteiger partial charge in [-0.15, -0.1) is 11.3 Å². The van der Waals surface area contributed by atoms with Crippen LogP contribution in [0.5, 0.6) is 5.75 Å². The molecule has 136 valence electrons. The Morgan fingerprint density at radius 3 is 2.77 bits per heavy atom. The highest BCUT2D eigenvalue weighted by molar-refractivity contribution is 7.17. The molecule has 0 atom stereocenters. The molecule has 0 saturated carbocycles. The second-order valence-corrected chi connectivity index (χ2v) is 6.80. The number of carbonyl (C=O) groups excluding carboxylic acids is 2. The van der Waals surface area contributed by atoms with Crippen molar-refractivity contribution in [2.24, 2.45) is 0 Å². The lowest BCUT2D eigenvalue weighted by atomic mass is 10.0. The van der Waals surface area contributed by atoms with Crippen molar-refractivity contribution in [2.75, 3.05) is 13.2 Å². The summed E-state index contributed by atoms with van der Waals surface area (Å²) >= 11 is 1.38. The Hall–Kier alpha value is -2.67. The molecule has 3 rings (SSSR count). The zero-order chi connectivity index (χ0) is 18.7. The zero-order valence-electron chi connectivity index (χ0n) is 14.9. The molecule has 0 N–H and O–H groups in total. The average molecular weight is 372 g/mol. The molecule has 3 aromatic rings. The minimum atomic E-state index is -0.285. The summed E-state index contributed by atoms with van der Waals surface area (Å²) in [6.45, 7) is 6.62. The SMILES string of the molecule is CCOC(=O)Cc1cn2c(C=O)c(-c3ccc(OCC)cc3C)nc2s1. The van der Waals surface area contributed by atoms with Crippen LogP contribution in [0.4, 0.5) is 0 Å². The number of hydrogen-bond donors (Lipinski definition) is 0. The van der Waals surface area contributed by atoms with E-state index in [9.17, 15) is 9.59 Å². The molecule has 0 bridgehead atoms. The quantitative estimate of drug-likeness (QED) is 0.467. The Bertz CT molecular complexity index is 958. The lowest BCUT2D eigenvalue weighted by molar-refractivity contribution is -0.142. The van der Waals surface area contributed by atoms with Crippen LogP contribution in [0.25, 0.3) is 16.2 Å². The molecule has 0 aliphatic rings. The number of thiazole rings is 1. The van der Waals surface area contributed by atoms with Gasteiger partial charge in [0, 0.05) is 16.6 Å². The molecule has 26 heavy (non-hydrogen) atoms. The maximum absolute atomic E-state index is 11.7. The summed E-state index contributed by atoms with van der Waals surface area (Å²) < 4.78 is 12.2. The molecular formula is C19H20N2O4S. The van der Waals surface area contributed by atoms with Crippen LogP contribution < -0.4 is 4.74 Å². The third-order valence-corrected chi connectivity index (χ3v) is 4.89. The molecule has 0 unspecified atom stereocenters. The first-order valence-corrected chi connectivity index (χ1v) is 9.24. The summed E-state index contributed by atoms with van der Waals surface area (Å²) in [5, 5.41) is 0. The van der Waals surface area contributed by atoms with Crippen molar-refractivity contribution in [3.05, 3.63) is 40.5 Å². The first-order valence-electron chi connectivity index (χ1n) is 8.42. The fraction of sp³-hybridized carbons (Fsp3) is 0.316. The number of carbonyl (C=O) groups is 2. The molecule has 0 aliphatic carbocycles. The van der Waals surface area contributed by atoms with Gasteiger partial charge in [0.2, 0.25) is 0 Å². The van der Waals surface area contributed by atoms with Gasteiger partial charge in [-0.1, -0.05) is 0 Å². The maximum Gasteiger partial charge on any atom is 0.311 e. The summed E-state index contributed by atoms with van der Waals surface area (Å²) in [7, 11) is 0. The fourth-order valence-electron chi connectivity index (χ4n) is 2.81. The number of ether oxygens (including phenoxy) is 2. The second-order valence-electron chi connectivity index (χ2n) is 5.71. The van der Waals surface area contributed by atoms with Gasteiger partial charge < -0.3 is 9.47 Å². The summed E-state index contributed by atoms with van der Waals surface area (Å²) in [6.07, 6.45) is 2.75. The number of hydrogen-bond acceptors (Lipinski definition) is 6. The van der Waals surface area contributed by atoms with Gasteiger partial charge in [0.05, 0.1) is 19.6 Å². The predicted octanol–water partition coefficient (Wildman–Crippen LogP) is 3.69. The second kappa shape index (κ2) is 7.70.